The fraction of sp³-hybridized carbons (Fsp3) is 0.765. The lowest BCUT2D eigenvalue weighted by Crippen LogP contribution is -2.25. The normalized spacial score (nSPS) is 12.3. The third-order valence-electron chi connectivity index (χ3n) is 3.77. The zero-order chi connectivity index (χ0) is 16.9. The van der Waals surface area contributed by atoms with Gasteiger partial charge in [-0.15, -0.1) is 0 Å². The van der Waals surface area contributed by atoms with Crippen LogP contribution in [0.2, 0.25) is 0 Å². The average Bonchev–Trinajstić information content (AvgIpc) is 3.05. The quantitative estimate of drug-likeness (QED) is 0.532. The molecule has 0 fully saturated rings. The molecular formula is C17H31N3O2S. The van der Waals surface area contributed by atoms with Gasteiger partial charge in [-0.25, -0.2) is 4.98 Å². The van der Waals surface area contributed by atoms with E-state index in [1.165, 1.54) is 38.4 Å². The van der Waals surface area contributed by atoms with E-state index >= 15 is 0 Å². The molecule has 0 saturated heterocycles. The molecule has 0 aliphatic carbocycles. The number of hydrogen-bond donors (Lipinski definition) is 2. The molecule has 0 bridgehead atoms. The van der Waals surface area contributed by atoms with Gasteiger partial charge in [0.25, 0.3) is 5.91 Å². The Labute approximate surface area is 144 Å². The summed E-state index contributed by atoms with van der Waals surface area (Å²) in [4.78, 5) is 16.2. The van der Waals surface area contributed by atoms with Gasteiger partial charge < -0.3 is 15.5 Å². The van der Waals surface area contributed by atoms with Gasteiger partial charge in [-0.2, -0.15) is 11.8 Å². The molecule has 1 unspecified atom stereocenters. The van der Waals surface area contributed by atoms with Crippen LogP contribution in [0, 0.1) is 0 Å². The number of carbonyl (C=O) groups is 1. The molecule has 0 aromatic carbocycles. The van der Waals surface area contributed by atoms with Crippen LogP contribution in [-0.4, -0.2) is 29.4 Å². The van der Waals surface area contributed by atoms with Crippen molar-refractivity contribution in [2.24, 2.45) is 5.73 Å². The number of rotatable bonds is 13. The number of unbranched alkanes of at least 4 members (excludes halogenated alkanes) is 6. The Balaban J connectivity index is 2.18. The number of thioether (sulfide) groups is 1. The van der Waals surface area contributed by atoms with Gasteiger partial charge in [-0.1, -0.05) is 45.4 Å². The van der Waals surface area contributed by atoms with E-state index < -0.39 is 0 Å². The molecule has 0 spiro atoms. The largest absolute Gasteiger partial charge is 0.446 e. The smallest absolute Gasteiger partial charge is 0.273 e. The topological polar surface area (TPSA) is 81.2 Å². The van der Waals surface area contributed by atoms with Gasteiger partial charge in [0.2, 0.25) is 5.89 Å². The van der Waals surface area contributed by atoms with Gasteiger partial charge in [0, 0.05) is 6.54 Å². The first kappa shape index (κ1) is 20.0. The molecule has 1 heterocycles. The van der Waals surface area contributed by atoms with E-state index in [1.807, 2.05) is 6.26 Å². The van der Waals surface area contributed by atoms with Gasteiger partial charge in [0.05, 0.1) is 6.04 Å². The van der Waals surface area contributed by atoms with Gasteiger partial charge in [0.15, 0.2) is 5.69 Å². The van der Waals surface area contributed by atoms with Crippen molar-refractivity contribution >= 4 is 17.7 Å². The van der Waals surface area contributed by atoms with E-state index in [0.29, 0.717) is 18.1 Å². The van der Waals surface area contributed by atoms with Crippen molar-refractivity contribution in [3.8, 4) is 0 Å². The zero-order valence-corrected chi connectivity index (χ0v) is 15.3. The molecule has 0 saturated carbocycles. The molecule has 132 valence electrons. The Bertz CT molecular complexity index is 437. The van der Waals surface area contributed by atoms with E-state index in [-0.39, 0.29) is 11.9 Å². The number of carbonyl (C=O) groups excluding carboxylic acids is 1. The molecule has 0 aliphatic rings. The maximum absolute atomic E-state index is 12.0. The second-order valence-electron chi connectivity index (χ2n) is 5.84. The summed E-state index contributed by atoms with van der Waals surface area (Å²) in [5, 5.41) is 2.89. The molecular weight excluding hydrogens is 310 g/mol. The lowest BCUT2D eigenvalue weighted by Gasteiger charge is -2.05. The van der Waals surface area contributed by atoms with E-state index in [9.17, 15) is 4.79 Å². The third kappa shape index (κ3) is 8.42. The van der Waals surface area contributed by atoms with Crippen LogP contribution in [0.1, 0.15) is 80.7 Å². The van der Waals surface area contributed by atoms with E-state index in [2.05, 4.69) is 17.2 Å². The molecule has 3 N–H and O–H groups in total. The molecule has 1 amide bonds. The van der Waals surface area contributed by atoms with Crippen LogP contribution < -0.4 is 11.1 Å². The molecule has 0 aliphatic heterocycles. The minimum Gasteiger partial charge on any atom is -0.446 e. The van der Waals surface area contributed by atoms with Crippen LogP contribution in [-0.2, 0) is 0 Å². The SMILES string of the molecule is CCCCCCCCCNC(=O)c1coc(C(N)CCSC)n1. The van der Waals surface area contributed by atoms with Crippen molar-refractivity contribution in [3.05, 3.63) is 17.8 Å². The number of nitrogens with two attached hydrogens (primary N) is 1. The van der Waals surface area contributed by atoms with Crippen LogP contribution in [0.3, 0.4) is 0 Å². The highest BCUT2D eigenvalue weighted by atomic mass is 32.2. The average molecular weight is 342 g/mol. The first-order valence-corrected chi connectivity index (χ1v) is 10.1. The van der Waals surface area contributed by atoms with Crippen molar-refractivity contribution in [1.82, 2.24) is 10.3 Å². The summed E-state index contributed by atoms with van der Waals surface area (Å²) in [5.41, 5.74) is 6.30. The Morgan fingerprint density at radius 3 is 2.70 bits per heavy atom. The first-order valence-electron chi connectivity index (χ1n) is 8.67. The van der Waals surface area contributed by atoms with Crippen molar-refractivity contribution in [1.29, 1.82) is 0 Å². The fourth-order valence-corrected chi connectivity index (χ4v) is 2.79. The Hall–Kier alpha value is -1.01. The number of nitrogens with zero attached hydrogens (tertiary/aromatic N) is 1. The number of oxazole rings is 1. The molecule has 0 radical (unpaired) electrons. The van der Waals surface area contributed by atoms with Gasteiger partial charge in [0.1, 0.15) is 6.26 Å². The standard InChI is InChI=1S/C17H31N3O2S/c1-3-4-5-6-7-8-9-11-19-16(21)15-13-22-17(20-15)14(18)10-12-23-2/h13-14H,3-12,18H2,1-2H3,(H,19,21). The van der Waals surface area contributed by atoms with Crippen molar-refractivity contribution in [2.75, 3.05) is 18.6 Å². The molecule has 1 rings (SSSR count). The van der Waals surface area contributed by atoms with Crippen LogP contribution >= 0.6 is 11.8 Å². The summed E-state index contributed by atoms with van der Waals surface area (Å²) in [7, 11) is 0. The van der Waals surface area contributed by atoms with Crippen molar-refractivity contribution < 1.29 is 9.21 Å². The first-order chi connectivity index (χ1) is 11.2. The summed E-state index contributed by atoms with van der Waals surface area (Å²) in [6.07, 6.45) is 12.8. The van der Waals surface area contributed by atoms with Crippen molar-refractivity contribution in [2.45, 2.75) is 64.3 Å². The second-order valence-corrected chi connectivity index (χ2v) is 6.82. The Morgan fingerprint density at radius 1 is 1.30 bits per heavy atom. The number of hydrogen-bond acceptors (Lipinski definition) is 5. The van der Waals surface area contributed by atoms with Crippen LogP contribution in [0.5, 0.6) is 0 Å². The summed E-state index contributed by atoms with van der Waals surface area (Å²) < 4.78 is 5.32. The van der Waals surface area contributed by atoms with Crippen LogP contribution in [0.25, 0.3) is 0 Å². The molecule has 5 nitrogen and oxygen atoms in total. The number of amides is 1. The third-order valence-corrected chi connectivity index (χ3v) is 4.41. The summed E-state index contributed by atoms with van der Waals surface area (Å²) in [6.45, 7) is 2.91. The van der Waals surface area contributed by atoms with E-state index in [1.54, 1.807) is 11.8 Å². The van der Waals surface area contributed by atoms with Crippen LogP contribution in [0.4, 0.5) is 0 Å². The second kappa shape index (κ2) is 12.4. The minimum absolute atomic E-state index is 0.178. The maximum Gasteiger partial charge on any atom is 0.273 e. The maximum atomic E-state index is 12.0. The zero-order valence-electron chi connectivity index (χ0n) is 14.5. The predicted octanol–water partition coefficient (Wildman–Crippen LogP) is 3.91. The molecule has 1 atom stereocenters. The number of aromatic nitrogens is 1. The molecule has 1 aromatic rings. The summed E-state index contributed by atoms with van der Waals surface area (Å²) in [5.74, 6) is 1.21. The fourth-order valence-electron chi connectivity index (χ4n) is 2.31. The lowest BCUT2D eigenvalue weighted by molar-refractivity contribution is 0.0948. The minimum atomic E-state index is -0.243. The molecule has 6 heteroatoms. The predicted molar refractivity (Wildman–Crippen MR) is 96.8 cm³/mol. The molecule has 1 aromatic heterocycles. The number of nitrogens with one attached hydrogen (secondary N) is 1. The Kier molecular flexibility index (Phi) is 10.8. The highest BCUT2D eigenvalue weighted by molar-refractivity contribution is 7.98. The van der Waals surface area contributed by atoms with Gasteiger partial charge in [-0.05, 0) is 24.9 Å². The van der Waals surface area contributed by atoms with E-state index in [0.717, 1.165) is 25.0 Å². The highest BCUT2D eigenvalue weighted by Crippen LogP contribution is 2.15. The van der Waals surface area contributed by atoms with Crippen molar-refractivity contribution in [3.63, 3.8) is 0 Å². The monoisotopic (exact) mass is 341 g/mol. The van der Waals surface area contributed by atoms with Gasteiger partial charge in [-0.3, -0.25) is 4.79 Å². The Morgan fingerprint density at radius 2 is 2.00 bits per heavy atom. The lowest BCUT2D eigenvalue weighted by atomic mass is 10.1. The van der Waals surface area contributed by atoms with Crippen LogP contribution in [0.15, 0.2) is 10.7 Å². The summed E-state index contributed by atoms with van der Waals surface area (Å²) >= 11 is 1.73. The van der Waals surface area contributed by atoms with Gasteiger partial charge >= 0.3 is 0 Å². The van der Waals surface area contributed by atoms with E-state index in [4.69, 9.17) is 10.2 Å². The molecule has 23 heavy (non-hydrogen) atoms. The highest BCUT2D eigenvalue weighted by Gasteiger charge is 2.16. The summed E-state index contributed by atoms with van der Waals surface area (Å²) in [6, 6.07) is -0.243.